The number of fused-ring (bicyclic) bond motifs is 1. The van der Waals surface area contributed by atoms with E-state index in [1.54, 1.807) is 0 Å². The molecular weight excluding hydrogens is 224 g/mol. The molecule has 3 heterocycles. The zero-order valence-corrected chi connectivity index (χ0v) is 11.1. The van der Waals surface area contributed by atoms with Crippen molar-refractivity contribution in [2.75, 3.05) is 19.6 Å². The van der Waals surface area contributed by atoms with Crippen molar-refractivity contribution in [3.63, 3.8) is 0 Å². The van der Waals surface area contributed by atoms with E-state index < -0.39 is 0 Å². The molecule has 1 atom stereocenters. The van der Waals surface area contributed by atoms with Crippen molar-refractivity contribution in [1.29, 1.82) is 0 Å². The lowest BCUT2D eigenvalue weighted by atomic mass is 10.1. The summed E-state index contributed by atoms with van der Waals surface area (Å²) < 4.78 is 2.26. The Balaban J connectivity index is 1.59. The predicted molar refractivity (Wildman–Crippen MR) is 72.4 cm³/mol. The zero-order valence-electron chi connectivity index (χ0n) is 11.1. The molecule has 0 amide bonds. The Kier molecular flexibility index (Phi) is 3.66. The average molecular weight is 248 g/mol. The van der Waals surface area contributed by atoms with E-state index in [4.69, 9.17) is 10.7 Å². The van der Waals surface area contributed by atoms with E-state index >= 15 is 0 Å². The van der Waals surface area contributed by atoms with E-state index in [1.165, 1.54) is 44.5 Å². The van der Waals surface area contributed by atoms with Gasteiger partial charge in [-0.2, -0.15) is 0 Å². The number of nitrogens with zero attached hydrogens (tertiary/aromatic N) is 3. The van der Waals surface area contributed by atoms with Crippen LogP contribution in [0.5, 0.6) is 0 Å². The third kappa shape index (κ3) is 2.59. The van der Waals surface area contributed by atoms with Crippen LogP contribution < -0.4 is 5.73 Å². The summed E-state index contributed by atoms with van der Waals surface area (Å²) >= 11 is 0. The van der Waals surface area contributed by atoms with Crippen LogP contribution in [0.15, 0.2) is 6.20 Å². The standard InChI is InChI=1S/C14H24N4/c15-13-5-4-9-18-11-12(16-14(13)18)6-10-17-7-2-1-3-8-17/h11,13H,1-10,15H2. The number of piperidine rings is 1. The maximum absolute atomic E-state index is 6.10. The van der Waals surface area contributed by atoms with Crippen molar-refractivity contribution in [3.05, 3.63) is 17.7 Å². The Morgan fingerprint density at radius 3 is 2.78 bits per heavy atom. The summed E-state index contributed by atoms with van der Waals surface area (Å²) in [6.45, 7) is 4.80. The smallest absolute Gasteiger partial charge is 0.125 e. The highest BCUT2D eigenvalue weighted by Gasteiger charge is 2.19. The molecule has 0 bridgehead atoms. The minimum atomic E-state index is 0.155. The third-order valence-electron chi connectivity index (χ3n) is 4.24. The largest absolute Gasteiger partial charge is 0.333 e. The normalized spacial score (nSPS) is 25.1. The second-order valence-corrected chi connectivity index (χ2v) is 5.68. The molecule has 2 aliphatic heterocycles. The summed E-state index contributed by atoms with van der Waals surface area (Å²) in [6.07, 6.45) is 9.71. The molecule has 3 rings (SSSR count). The van der Waals surface area contributed by atoms with E-state index in [9.17, 15) is 0 Å². The van der Waals surface area contributed by atoms with Crippen molar-refractivity contribution >= 4 is 0 Å². The molecule has 1 saturated heterocycles. The van der Waals surface area contributed by atoms with E-state index in [1.807, 2.05) is 0 Å². The first kappa shape index (κ1) is 12.2. The van der Waals surface area contributed by atoms with Gasteiger partial charge in [-0.15, -0.1) is 0 Å². The van der Waals surface area contributed by atoms with E-state index in [2.05, 4.69) is 15.7 Å². The molecule has 4 nitrogen and oxygen atoms in total. The molecule has 100 valence electrons. The fourth-order valence-corrected chi connectivity index (χ4v) is 3.15. The number of nitrogens with two attached hydrogens (primary N) is 1. The minimum absolute atomic E-state index is 0.155. The molecule has 18 heavy (non-hydrogen) atoms. The van der Waals surface area contributed by atoms with E-state index in [-0.39, 0.29) is 6.04 Å². The Labute approximate surface area is 109 Å². The van der Waals surface area contributed by atoms with Crippen molar-refractivity contribution in [2.45, 2.75) is 51.1 Å². The Morgan fingerprint density at radius 1 is 1.17 bits per heavy atom. The molecule has 0 aromatic carbocycles. The van der Waals surface area contributed by atoms with Crippen LogP contribution in [-0.2, 0) is 13.0 Å². The average Bonchev–Trinajstić information content (AvgIpc) is 2.82. The van der Waals surface area contributed by atoms with Crippen molar-refractivity contribution in [3.8, 4) is 0 Å². The molecule has 1 unspecified atom stereocenters. The maximum atomic E-state index is 6.10. The number of rotatable bonds is 3. The molecular formula is C14H24N4. The maximum Gasteiger partial charge on any atom is 0.125 e. The lowest BCUT2D eigenvalue weighted by Crippen LogP contribution is -2.31. The van der Waals surface area contributed by atoms with Gasteiger partial charge in [0.05, 0.1) is 11.7 Å². The van der Waals surface area contributed by atoms with Gasteiger partial charge in [0.15, 0.2) is 0 Å². The van der Waals surface area contributed by atoms with Crippen LogP contribution in [0.2, 0.25) is 0 Å². The van der Waals surface area contributed by atoms with Crippen molar-refractivity contribution < 1.29 is 0 Å². The molecule has 1 aromatic rings. The van der Waals surface area contributed by atoms with E-state index in [0.717, 1.165) is 31.8 Å². The fourth-order valence-electron chi connectivity index (χ4n) is 3.15. The van der Waals surface area contributed by atoms with Crippen LogP contribution in [0.4, 0.5) is 0 Å². The Bertz CT molecular complexity index is 392. The highest BCUT2D eigenvalue weighted by molar-refractivity contribution is 5.09. The van der Waals surface area contributed by atoms with E-state index in [0.29, 0.717) is 0 Å². The van der Waals surface area contributed by atoms with Crippen LogP contribution in [0.25, 0.3) is 0 Å². The fraction of sp³-hybridized carbons (Fsp3) is 0.786. The first-order valence-corrected chi connectivity index (χ1v) is 7.37. The molecule has 0 radical (unpaired) electrons. The van der Waals surface area contributed by atoms with Crippen LogP contribution in [0.3, 0.4) is 0 Å². The summed E-state index contributed by atoms with van der Waals surface area (Å²) in [4.78, 5) is 7.30. The first-order valence-electron chi connectivity index (χ1n) is 7.37. The van der Waals surface area contributed by atoms with Gasteiger partial charge in [-0.05, 0) is 38.8 Å². The SMILES string of the molecule is NC1CCCn2cc(CCN3CCCCC3)nc21. The van der Waals surface area contributed by atoms with Gasteiger partial charge in [-0.3, -0.25) is 0 Å². The van der Waals surface area contributed by atoms with Crippen molar-refractivity contribution in [1.82, 2.24) is 14.5 Å². The van der Waals surface area contributed by atoms with Crippen LogP contribution in [0.1, 0.15) is 49.7 Å². The molecule has 0 spiro atoms. The quantitative estimate of drug-likeness (QED) is 0.885. The van der Waals surface area contributed by atoms with Crippen LogP contribution in [-0.4, -0.2) is 34.1 Å². The van der Waals surface area contributed by atoms with Gasteiger partial charge in [-0.1, -0.05) is 6.42 Å². The monoisotopic (exact) mass is 248 g/mol. The molecule has 1 fully saturated rings. The minimum Gasteiger partial charge on any atom is -0.333 e. The highest BCUT2D eigenvalue weighted by Crippen LogP contribution is 2.22. The topological polar surface area (TPSA) is 47.1 Å². The van der Waals surface area contributed by atoms with Gasteiger partial charge in [0.2, 0.25) is 0 Å². The molecule has 4 heteroatoms. The number of hydrogen-bond acceptors (Lipinski definition) is 3. The van der Waals surface area contributed by atoms with Gasteiger partial charge >= 0.3 is 0 Å². The predicted octanol–water partition coefficient (Wildman–Crippen LogP) is 1.71. The van der Waals surface area contributed by atoms with Gasteiger partial charge in [0, 0.05) is 25.7 Å². The number of likely N-dealkylation sites (tertiary alicyclic amines) is 1. The van der Waals surface area contributed by atoms with Gasteiger partial charge in [0.25, 0.3) is 0 Å². The number of hydrogen-bond donors (Lipinski definition) is 1. The van der Waals surface area contributed by atoms with Crippen LogP contribution >= 0.6 is 0 Å². The van der Waals surface area contributed by atoms with Crippen molar-refractivity contribution in [2.24, 2.45) is 5.73 Å². The number of imidazole rings is 1. The summed E-state index contributed by atoms with van der Waals surface area (Å²) in [5.74, 6) is 1.11. The summed E-state index contributed by atoms with van der Waals surface area (Å²) in [5, 5.41) is 0. The zero-order chi connectivity index (χ0) is 12.4. The second kappa shape index (κ2) is 5.41. The molecule has 1 aromatic heterocycles. The second-order valence-electron chi connectivity index (χ2n) is 5.68. The van der Waals surface area contributed by atoms with Gasteiger partial charge < -0.3 is 15.2 Å². The molecule has 2 aliphatic rings. The summed E-state index contributed by atoms with van der Waals surface area (Å²) in [6, 6.07) is 0.155. The van der Waals surface area contributed by atoms with Gasteiger partial charge in [0.1, 0.15) is 5.82 Å². The Hall–Kier alpha value is -0.870. The number of aryl methyl sites for hydroxylation is 1. The lowest BCUT2D eigenvalue weighted by Gasteiger charge is -2.25. The molecule has 2 N–H and O–H groups in total. The molecule has 0 aliphatic carbocycles. The first-order chi connectivity index (χ1) is 8.83. The highest BCUT2D eigenvalue weighted by atomic mass is 15.1. The third-order valence-corrected chi connectivity index (χ3v) is 4.24. The van der Waals surface area contributed by atoms with Gasteiger partial charge in [-0.25, -0.2) is 4.98 Å². The van der Waals surface area contributed by atoms with Crippen LogP contribution in [0, 0.1) is 0 Å². The Morgan fingerprint density at radius 2 is 2.00 bits per heavy atom. The lowest BCUT2D eigenvalue weighted by molar-refractivity contribution is 0.231. The number of aromatic nitrogens is 2. The summed E-state index contributed by atoms with van der Waals surface area (Å²) in [7, 11) is 0. The summed E-state index contributed by atoms with van der Waals surface area (Å²) in [5.41, 5.74) is 7.33. The molecule has 0 saturated carbocycles.